The zero-order chi connectivity index (χ0) is 16.8. The Hall–Kier alpha value is -0.990. The quantitative estimate of drug-likeness (QED) is 0.307. The summed E-state index contributed by atoms with van der Waals surface area (Å²) in [5, 5.41) is 7.83. The van der Waals surface area contributed by atoms with Crippen LogP contribution >= 0.6 is 12.6 Å². The maximum absolute atomic E-state index is 11.3. The van der Waals surface area contributed by atoms with E-state index in [1.54, 1.807) is 6.92 Å². The molecule has 0 aromatic carbocycles. The van der Waals surface area contributed by atoms with Crippen LogP contribution in [0.1, 0.15) is 20.8 Å². The minimum atomic E-state index is -0.312. The molecule has 0 radical (unpaired) electrons. The molecule has 0 aromatic heterocycles. The zero-order valence-corrected chi connectivity index (χ0v) is 14.6. The molecule has 0 aromatic rings. The Bertz CT molecular complexity index is 314. The molecule has 0 saturated carbocycles. The molecule has 0 heterocycles. The van der Waals surface area contributed by atoms with Crippen molar-refractivity contribution < 1.29 is 19.1 Å². The predicted molar refractivity (Wildman–Crippen MR) is 89.3 cm³/mol. The van der Waals surface area contributed by atoms with Crippen LogP contribution in [0.3, 0.4) is 0 Å². The van der Waals surface area contributed by atoms with Gasteiger partial charge in [-0.15, -0.1) is 0 Å². The molecule has 7 nitrogen and oxygen atoms in total. The Labute approximate surface area is 138 Å². The van der Waals surface area contributed by atoms with Gasteiger partial charge in [0.05, 0.1) is 31.7 Å². The standard InChI is InChI=1S/C14H29N3O4S/c1-11(2)10-17-14(19)16-5-7-21-9-8-20-6-4-15-13(18)12(3)22/h11-12,22H,4-10H2,1-3H3,(H,15,18)(H2,16,17,19). The topological polar surface area (TPSA) is 88.7 Å². The molecule has 0 bridgehead atoms. The second kappa shape index (κ2) is 13.7. The number of hydrogen-bond donors (Lipinski definition) is 4. The van der Waals surface area contributed by atoms with Crippen LogP contribution in [0.4, 0.5) is 4.79 Å². The number of nitrogens with one attached hydrogen (secondary N) is 3. The largest absolute Gasteiger partial charge is 0.377 e. The molecular weight excluding hydrogens is 306 g/mol. The van der Waals surface area contributed by atoms with Crippen LogP contribution in [-0.2, 0) is 14.3 Å². The van der Waals surface area contributed by atoms with E-state index in [0.717, 1.165) is 0 Å². The van der Waals surface area contributed by atoms with Gasteiger partial charge in [-0.3, -0.25) is 4.79 Å². The lowest BCUT2D eigenvalue weighted by molar-refractivity contribution is -0.120. The minimum Gasteiger partial charge on any atom is -0.377 e. The summed E-state index contributed by atoms with van der Waals surface area (Å²) in [5.74, 6) is 0.324. The maximum Gasteiger partial charge on any atom is 0.314 e. The molecule has 8 heteroatoms. The first kappa shape index (κ1) is 21.0. The first-order chi connectivity index (χ1) is 10.4. The van der Waals surface area contributed by atoms with Crippen molar-refractivity contribution in [1.29, 1.82) is 0 Å². The van der Waals surface area contributed by atoms with Gasteiger partial charge in [-0.2, -0.15) is 12.6 Å². The van der Waals surface area contributed by atoms with Crippen molar-refractivity contribution in [3.8, 4) is 0 Å². The molecule has 3 amide bonds. The van der Waals surface area contributed by atoms with Crippen LogP contribution in [0.15, 0.2) is 0 Å². The number of rotatable bonds is 12. The van der Waals surface area contributed by atoms with Gasteiger partial charge < -0.3 is 25.4 Å². The monoisotopic (exact) mass is 335 g/mol. The van der Waals surface area contributed by atoms with E-state index in [0.29, 0.717) is 52.0 Å². The van der Waals surface area contributed by atoms with Crippen molar-refractivity contribution in [2.45, 2.75) is 26.0 Å². The van der Waals surface area contributed by atoms with Crippen molar-refractivity contribution in [3.63, 3.8) is 0 Å². The third kappa shape index (κ3) is 14.0. The van der Waals surface area contributed by atoms with Crippen molar-refractivity contribution in [1.82, 2.24) is 16.0 Å². The second-order valence-corrected chi connectivity index (χ2v) is 6.00. The van der Waals surface area contributed by atoms with Gasteiger partial charge in [0, 0.05) is 19.6 Å². The lowest BCUT2D eigenvalue weighted by atomic mass is 10.2. The van der Waals surface area contributed by atoms with E-state index in [9.17, 15) is 9.59 Å². The van der Waals surface area contributed by atoms with E-state index in [1.165, 1.54) is 0 Å². The number of ether oxygens (including phenoxy) is 2. The van der Waals surface area contributed by atoms with Crippen LogP contribution in [0.25, 0.3) is 0 Å². The number of carbonyl (C=O) groups is 2. The molecule has 1 atom stereocenters. The normalized spacial score (nSPS) is 12.0. The average Bonchev–Trinajstić information content (AvgIpc) is 2.46. The second-order valence-electron chi connectivity index (χ2n) is 5.22. The van der Waals surface area contributed by atoms with E-state index in [1.807, 2.05) is 13.8 Å². The Balaban J connectivity index is 3.24. The Morgan fingerprint density at radius 3 is 1.95 bits per heavy atom. The number of amides is 3. The van der Waals surface area contributed by atoms with Crippen molar-refractivity contribution in [2.24, 2.45) is 5.92 Å². The van der Waals surface area contributed by atoms with Crippen molar-refractivity contribution in [2.75, 3.05) is 46.1 Å². The van der Waals surface area contributed by atoms with Gasteiger partial charge in [-0.25, -0.2) is 4.79 Å². The molecule has 130 valence electrons. The first-order valence-electron chi connectivity index (χ1n) is 7.56. The van der Waals surface area contributed by atoms with Crippen LogP contribution in [-0.4, -0.2) is 63.3 Å². The van der Waals surface area contributed by atoms with Crippen LogP contribution in [0.5, 0.6) is 0 Å². The van der Waals surface area contributed by atoms with Crippen LogP contribution in [0.2, 0.25) is 0 Å². The molecule has 3 N–H and O–H groups in total. The molecule has 0 rings (SSSR count). The molecule has 0 fully saturated rings. The van der Waals surface area contributed by atoms with Crippen LogP contribution < -0.4 is 16.0 Å². The van der Waals surface area contributed by atoms with Crippen molar-refractivity contribution in [3.05, 3.63) is 0 Å². The summed E-state index contributed by atoms with van der Waals surface area (Å²) in [6, 6.07) is -0.178. The summed E-state index contributed by atoms with van der Waals surface area (Å²) < 4.78 is 10.6. The average molecular weight is 335 g/mol. The number of thiol groups is 1. The molecule has 0 aliphatic heterocycles. The predicted octanol–water partition coefficient (Wildman–Crippen LogP) is 0.409. The number of carbonyl (C=O) groups excluding carboxylic acids is 2. The highest BCUT2D eigenvalue weighted by Crippen LogP contribution is 1.90. The Kier molecular flexibility index (Phi) is 13.0. The van der Waals surface area contributed by atoms with Gasteiger partial charge in [0.1, 0.15) is 0 Å². The van der Waals surface area contributed by atoms with Gasteiger partial charge in [0.2, 0.25) is 5.91 Å². The van der Waals surface area contributed by atoms with E-state index >= 15 is 0 Å². The Morgan fingerprint density at radius 2 is 1.45 bits per heavy atom. The van der Waals surface area contributed by atoms with E-state index in [4.69, 9.17) is 9.47 Å². The molecule has 22 heavy (non-hydrogen) atoms. The molecule has 0 aliphatic rings. The highest BCUT2D eigenvalue weighted by atomic mass is 32.1. The summed E-state index contributed by atoms with van der Waals surface area (Å²) in [6.45, 7) is 9.13. The highest BCUT2D eigenvalue weighted by Gasteiger charge is 2.05. The third-order valence-electron chi connectivity index (χ3n) is 2.50. The molecule has 0 aliphatic carbocycles. The van der Waals surface area contributed by atoms with Gasteiger partial charge in [0.25, 0.3) is 0 Å². The van der Waals surface area contributed by atoms with E-state index < -0.39 is 0 Å². The van der Waals surface area contributed by atoms with Gasteiger partial charge in [0.15, 0.2) is 0 Å². The van der Waals surface area contributed by atoms with Gasteiger partial charge >= 0.3 is 6.03 Å². The Morgan fingerprint density at radius 1 is 0.909 bits per heavy atom. The third-order valence-corrected chi connectivity index (χ3v) is 2.73. The fraction of sp³-hybridized carbons (Fsp3) is 0.857. The summed E-state index contributed by atoms with van der Waals surface area (Å²) in [5.41, 5.74) is 0. The summed E-state index contributed by atoms with van der Waals surface area (Å²) >= 11 is 4.01. The summed E-state index contributed by atoms with van der Waals surface area (Å²) in [6.07, 6.45) is 0. The molecule has 0 saturated heterocycles. The zero-order valence-electron chi connectivity index (χ0n) is 13.7. The lowest BCUT2D eigenvalue weighted by Crippen LogP contribution is -2.39. The minimum absolute atomic E-state index is 0.106. The van der Waals surface area contributed by atoms with Gasteiger partial charge in [-0.05, 0) is 12.8 Å². The molecule has 1 unspecified atom stereocenters. The summed E-state index contributed by atoms with van der Waals surface area (Å²) in [7, 11) is 0. The fourth-order valence-corrected chi connectivity index (χ4v) is 1.40. The lowest BCUT2D eigenvalue weighted by Gasteiger charge is -2.10. The van der Waals surface area contributed by atoms with E-state index in [2.05, 4.69) is 28.6 Å². The maximum atomic E-state index is 11.3. The first-order valence-corrected chi connectivity index (χ1v) is 8.08. The number of urea groups is 1. The fourth-order valence-electron chi connectivity index (χ4n) is 1.31. The molecular formula is C14H29N3O4S. The highest BCUT2D eigenvalue weighted by molar-refractivity contribution is 7.81. The SMILES string of the molecule is CC(C)CNC(=O)NCCOCCOCCNC(=O)C(C)S. The van der Waals surface area contributed by atoms with Crippen molar-refractivity contribution >= 4 is 24.6 Å². The smallest absolute Gasteiger partial charge is 0.314 e. The number of hydrogen-bond acceptors (Lipinski definition) is 5. The van der Waals surface area contributed by atoms with Gasteiger partial charge in [-0.1, -0.05) is 13.8 Å². The van der Waals surface area contributed by atoms with E-state index in [-0.39, 0.29) is 17.2 Å². The van der Waals surface area contributed by atoms with Crippen LogP contribution in [0, 0.1) is 5.92 Å². The summed E-state index contributed by atoms with van der Waals surface area (Å²) in [4.78, 5) is 22.5. The molecule has 0 spiro atoms.